The lowest BCUT2D eigenvalue weighted by molar-refractivity contribution is -0.128. The number of benzene rings is 1. The summed E-state index contributed by atoms with van der Waals surface area (Å²) in [4.78, 5) is 28.4. The molecule has 2 aliphatic heterocycles. The first kappa shape index (κ1) is 17.7. The SMILES string of the molecule is Cc1ccc(CN2CC(CNC(=O)N3CCNCC3C)CC2=O)cc1. The Labute approximate surface area is 149 Å². The number of carbonyl (C=O) groups excluding carboxylic acids is 2. The van der Waals surface area contributed by atoms with E-state index in [0.717, 1.165) is 25.2 Å². The minimum Gasteiger partial charge on any atom is -0.338 e. The molecule has 136 valence electrons. The highest BCUT2D eigenvalue weighted by Gasteiger charge is 2.30. The van der Waals surface area contributed by atoms with E-state index >= 15 is 0 Å². The number of urea groups is 1. The smallest absolute Gasteiger partial charge is 0.317 e. The van der Waals surface area contributed by atoms with Crippen LogP contribution in [0.15, 0.2) is 24.3 Å². The van der Waals surface area contributed by atoms with Crippen LogP contribution in [-0.2, 0) is 11.3 Å². The van der Waals surface area contributed by atoms with Crippen LogP contribution in [-0.4, -0.2) is 60.5 Å². The van der Waals surface area contributed by atoms with E-state index < -0.39 is 0 Å². The summed E-state index contributed by atoms with van der Waals surface area (Å²) >= 11 is 0. The van der Waals surface area contributed by atoms with Gasteiger partial charge in [-0.2, -0.15) is 0 Å². The Balaban J connectivity index is 1.47. The first-order valence-electron chi connectivity index (χ1n) is 9.11. The third-order valence-electron chi connectivity index (χ3n) is 5.09. The summed E-state index contributed by atoms with van der Waals surface area (Å²) < 4.78 is 0. The maximum Gasteiger partial charge on any atom is 0.317 e. The highest BCUT2D eigenvalue weighted by Crippen LogP contribution is 2.20. The zero-order valence-electron chi connectivity index (χ0n) is 15.1. The quantitative estimate of drug-likeness (QED) is 0.866. The predicted molar refractivity (Wildman–Crippen MR) is 97.1 cm³/mol. The summed E-state index contributed by atoms with van der Waals surface area (Å²) in [6.45, 7) is 8.44. The standard InChI is InChI=1S/C19H28N4O2/c1-14-3-5-16(6-4-14)12-22-13-17(9-18(22)24)11-21-19(25)23-8-7-20-10-15(23)2/h3-6,15,17,20H,7-13H2,1-2H3,(H,21,25). The minimum absolute atomic E-state index is 0.0153. The first-order chi connectivity index (χ1) is 12.0. The third-order valence-corrected chi connectivity index (χ3v) is 5.09. The maximum atomic E-state index is 12.3. The van der Waals surface area contributed by atoms with E-state index in [1.165, 1.54) is 5.56 Å². The Kier molecular flexibility index (Phi) is 5.58. The summed E-state index contributed by atoms with van der Waals surface area (Å²) in [5.74, 6) is 0.371. The van der Waals surface area contributed by atoms with E-state index in [4.69, 9.17) is 0 Å². The summed E-state index contributed by atoms with van der Waals surface area (Å²) in [5.41, 5.74) is 2.37. The fraction of sp³-hybridized carbons (Fsp3) is 0.579. The van der Waals surface area contributed by atoms with Crippen molar-refractivity contribution >= 4 is 11.9 Å². The van der Waals surface area contributed by atoms with E-state index in [2.05, 4.69) is 41.8 Å². The lowest BCUT2D eigenvalue weighted by Crippen LogP contribution is -2.55. The number of nitrogens with zero attached hydrogens (tertiary/aromatic N) is 2. The average molecular weight is 344 g/mol. The molecule has 25 heavy (non-hydrogen) atoms. The number of hydrogen-bond acceptors (Lipinski definition) is 3. The molecule has 2 unspecified atom stereocenters. The number of piperazine rings is 1. The van der Waals surface area contributed by atoms with Gasteiger partial charge in [0.1, 0.15) is 0 Å². The monoisotopic (exact) mass is 344 g/mol. The van der Waals surface area contributed by atoms with Crippen LogP contribution in [0, 0.1) is 12.8 Å². The molecule has 0 bridgehead atoms. The van der Waals surface area contributed by atoms with Gasteiger partial charge in [-0.1, -0.05) is 29.8 Å². The number of aryl methyl sites for hydroxylation is 1. The van der Waals surface area contributed by atoms with Gasteiger partial charge in [-0.3, -0.25) is 4.79 Å². The maximum absolute atomic E-state index is 12.3. The summed E-state index contributed by atoms with van der Waals surface area (Å²) in [5, 5.41) is 6.30. The third kappa shape index (κ3) is 4.51. The zero-order valence-corrected chi connectivity index (χ0v) is 15.1. The molecule has 3 amide bonds. The van der Waals surface area contributed by atoms with E-state index in [0.29, 0.717) is 26.1 Å². The normalized spacial score (nSPS) is 23.8. The average Bonchev–Trinajstić information content (AvgIpc) is 2.95. The Morgan fingerprint density at radius 1 is 1.32 bits per heavy atom. The van der Waals surface area contributed by atoms with Crippen LogP contribution in [0.1, 0.15) is 24.5 Å². The van der Waals surface area contributed by atoms with Crippen molar-refractivity contribution in [3.8, 4) is 0 Å². The zero-order chi connectivity index (χ0) is 17.8. The van der Waals surface area contributed by atoms with E-state index in [1.54, 1.807) is 0 Å². The second kappa shape index (κ2) is 7.87. The van der Waals surface area contributed by atoms with Crippen molar-refractivity contribution in [2.45, 2.75) is 32.9 Å². The molecule has 0 aromatic heterocycles. The topological polar surface area (TPSA) is 64.7 Å². The number of nitrogens with one attached hydrogen (secondary N) is 2. The largest absolute Gasteiger partial charge is 0.338 e. The van der Waals surface area contributed by atoms with Crippen LogP contribution < -0.4 is 10.6 Å². The van der Waals surface area contributed by atoms with Gasteiger partial charge in [0, 0.05) is 57.6 Å². The molecule has 3 rings (SSSR count). The van der Waals surface area contributed by atoms with Crippen molar-refractivity contribution in [2.24, 2.45) is 5.92 Å². The van der Waals surface area contributed by atoms with E-state index in [9.17, 15) is 9.59 Å². The van der Waals surface area contributed by atoms with Gasteiger partial charge in [-0.15, -0.1) is 0 Å². The van der Waals surface area contributed by atoms with Crippen molar-refractivity contribution in [3.05, 3.63) is 35.4 Å². The number of likely N-dealkylation sites (tertiary alicyclic amines) is 1. The first-order valence-corrected chi connectivity index (χ1v) is 9.11. The van der Waals surface area contributed by atoms with Gasteiger partial charge in [0.25, 0.3) is 0 Å². The molecule has 2 saturated heterocycles. The highest BCUT2D eigenvalue weighted by atomic mass is 16.2. The molecule has 6 heteroatoms. The van der Waals surface area contributed by atoms with Gasteiger partial charge in [0.05, 0.1) is 0 Å². The van der Waals surface area contributed by atoms with Gasteiger partial charge >= 0.3 is 6.03 Å². The molecule has 0 radical (unpaired) electrons. The lowest BCUT2D eigenvalue weighted by Gasteiger charge is -2.34. The van der Waals surface area contributed by atoms with Gasteiger partial charge in [-0.05, 0) is 19.4 Å². The fourth-order valence-electron chi connectivity index (χ4n) is 3.53. The van der Waals surface area contributed by atoms with Crippen LogP contribution in [0.4, 0.5) is 4.79 Å². The second-order valence-corrected chi connectivity index (χ2v) is 7.26. The number of carbonyl (C=O) groups is 2. The molecule has 2 fully saturated rings. The number of hydrogen-bond donors (Lipinski definition) is 2. The van der Waals surface area contributed by atoms with Gasteiger partial charge < -0.3 is 20.4 Å². The molecule has 0 aliphatic carbocycles. The number of amides is 3. The summed E-state index contributed by atoms with van der Waals surface area (Å²) in [6, 6.07) is 8.48. The van der Waals surface area contributed by atoms with Crippen molar-refractivity contribution < 1.29 is 9.59 Å². The molecule has 6 nitrogen and oxygen atoms in total. The minimum atomic E-state index is -0.0153. The van der Waals surface area contributed by atoms with Crippen LogP contribution in [0.5, 0.6) is 0 Å². The number of rotatable bonds is 4. The fourth-order valence-corrected chi connectivity index (χ4v) is 3.53. The molecule has 1 aromatic rings. The van der Waals surface area contributed by atoms with Gasteiger partial charge in [-0.25, -0.2) is 4.79 Å². The Hall–Kier alpha value is -2.08. The van der Waals surface area contributed by atoms with Crippen molar-refractivity contribution in [1.82, 2.24) is 20.4 Å². The van der Waals surface area contributed by atoms with Crippen molar-refractivity contribution in [2.75, 3.05) is 32.7 Å². The molecule has 0 saturated carbocycles. The van der Waals surface area contributed by atoms with Crippen molar-refractivity contribution in [1.29, 1.82) is 0 Å². The lowest BCUT2D eigenvalue weighted by atomic mass is 10.1. The molecular weight excluding hydrogens is 316 g/mol. The molecule has 1 aromatic carbocycles. The Morgan fingerprint density at radius 2 is 2.08 bits per heavy atom. The van der Waals surface area contributed by atoms with Crippen LogP contribution in [0.25, 0.3) is 0 Å². The predicted octanol–water partition coefficient (Wildman–Crippen LogP) is 1.35. The molecule has 2 N–H and O–H groups in total. The van der Waals surface area contributed by atoms with Gasteiger partial charge in [0.2, 0.25) is 5.91 Å². The molecule has 2 atom stereocenters. The van der Waals surface area contributed by atoms with Crippen molar-refractivity contribution in [3.63, 3.8) is 0 Å². The molecular formula is C19H28N4O2. The summed E-state index contributed by atoms with van der Waals surface area (Å²) in [7, 11) is 0. The summed E-state index contributed by atoms with van der Waals surface area (Å²) in [6.07, 6.45) is 0.517. The second-order valence-electron chi connectivity index (χ2n) is 7.26. The van der Waals surface area contributed by atoms with Gasteiger partial charge in [0.15, 0.2) is 0 Å². The highest BCUT2D eigenvalue weighted by molar-refractivity contribution is 5.79. The van der Waals surface area contributed by atoms with E-state index in [1.807, 2.05) is 16.7 Å². The van der Waals surface area contributed by atoms with Crippen LogP contribution in [0.3, 0.4) is 0 Å². The van der Waals surface area contributed by atoms with Crippen LogP contribution in [0.2, 0.25) is 0 Å². The molecule has 2 aliphatic rings. The Bertz CT molecular complexity index is 616. The van der Waals surface area contributed by atoms with Crippen LogP contribution >= 0.6 is 0 Å². The molecule has 2 heterocycles. The van der Waals surface area contributed by atoms with E-state index in [-0.39, 0.29) is 23.9 Å². The Morgan fingerprint density at radius 3 is 2.80 bits per heavy atom. The molecule has 0 spiro atoms.